The van der Waals surface area contributed by atoms with Crippen LogP contribution in [0.25, 0.3) is 0 Å². The Bertz CT molecular complexity index is 691. The van der Waals surface area contributed by atoms with Crippen molar-refractivity contribution in [3.63, 3.8) is 0 Å². The minimum Gasteiger partial charge on any atom is -0.396 e. The Morgan fingerprint density at radius 1 is 0.933 bits per heavy atom. The van der Waals surface area contributed by atoms with E-state index in [1.54, 1.807) is 0 Å². The molecule has 0 radical (unpaired) electrons. The molecule has 3 heteroatoms. The molecule has 0 aromatic rings. The van der Waals surface area contributed by atoms with E-state index in [0.29, 0.717) is 35.9 Å². The highest BCUT2D eigenvalue weighted by Crippen LogP contribution is 2.68. The Morgan fingerprint density at radius 2 is 1.70 bits per heavy atom. The molecule has 4 fully saturated rings. The summed E-state index contributed by atoms with van der Waals surface area (Å²) in [6.45, 7) is 13.9. The Kier molecular flexibility index (Phi) is 6.25. The molecule has 4 aliphatic carbocycles. The van der Waals surface area contributed by atoms with E-state index in [1.165, 1.54) is 69.2 Å². The molecule has 0 heterocycles. The molecule has 0 aliphatic heterocycles. The number of hydrogen-bond donors (Lipinski definition) is 1. The van der Waals surface area contributed by atoms with Crippen LogP contribution in [0.1, 0.15) is 99.3 Å². The zero-order valence-corrected chi connectivity index (χ0v) is 20.5. The second-order valence-electron chi connectivity index (χ2n) is 12.1. The lowest BCUT2D eigenvalue weighted by Crippen LogP contribution is -2.55. The zero-order valence-electron chi connectivity index (χ0n) is 20.5. The molecule has 0 aromatic heterocycles. The van der Waals surface area contributed by atoms with Crippen LogP contribution in [-0.4, -0.2) is 35.2 Å². The van der Waals surface area contributed by atoms with Gasteiger partial charge in [-0.15, -0.1) is 0 Å². The summed E-state index contributed by atoms with van der Waals surface area (Å²) >= 11 is 0. The number of hydrogen-bond acceptors (Lipinski definition) is 3. The van der Waals surface area contributed by atoms with Gasteiger partial charge < -0.3 is 5.11 Å². The monoisotopic (exact) mass is 414 g/mol. The average molecular weight is 415 g/mol. The molecule has 0 saturated heterocycles. The van der Waals surface area contributed by atoms with Crippen molar-refractivity contribution in [3.05, 3.63) is 0 Å². The molecule has 0 amide bonds. The Balaban J connectivity index is 1.56. The Morgan fingerprint density at radius 3 is 2.37 bits per heavy atom. The van der Waals surface area contributed by atoms with Gasteiger partial charge >= 0.3 is 0 Å². The van der Waals surface area contributed by atoms with Gasteiger partial charge in [0.25, 0.3) is 0 Å². The van der Waals surface area contributed by atoms with E-state index in [-0.39, 0.29) is 5.41 Å². The van der Waals surface area contributed by atoms with Crippen molar-refractivity contribution in [2.45, 2.75) is 111 Å². The van der Waals surface area contributed by atoms with Gasteiger partial charge in [-0.1, -0.05) is 6.92 Å². The third kappa shape index (κ3) is 3.61. The predicted molar refractivity (Wildman–Crippen MR) is 127 cm³/mol. The first-order chi connectivity index (χ1) is 14.2. The van der Waals surface area contributed by atoms with Crippen molar-refractivity contribution in [1.82, 2.24) is 0 Å². The second-order valence-corrected chi connectivity index (χ2v) is 12.1. The molecule has 4 aliphatic rings. The standard InChI is InChI=1S/C27H46N2O/c1-17(2)28-19(5)23-9-10-25-22-8-7-20-15-21(29-18(3)4)11-13-26(20,6)24(22)12-14-27(23,25)16-30/h19-25,30H,7-16H2,1-6H3/t19?,20?,21-,22+,23+,24-,25-,26-,27-/m0/s1. The van der Waals surface area contributed by atoms with E-state index < -0.39 is 0 Å². The molecule has 170 valence electrons. The molecule has 3 nitrogen and oxygen atoms in total. The molecule has 0 bridgehead atoms. The van der Waals surface area contributed by atoms with Crippen LogP contribution >= 0.6 is 0 Å². The third-order valence-electron chi connectivity index (χ3n) is 10.2. The molecule has 4 rings (SSSR count). The normalized spacial score (nSPS) is 46.2. The van der Waals surface area contributed by atoms with Gasteiger partial charge in [0.2, 0.25) is 0 Å². The number of aliphatic hydroxyl groups excluding tert-OH is 1. The molecular weight excluding hydrogens is 368 g/mol. The van der Waals surface area contributed by atoms with E-state index in [4.69, 9.17) is 9.98 Å². The van der Waals surface area contributed by atoms with Gasteiger partial charge in [0.05, 0.1) is 12.1 Å². The summed E-state index contributed by atoms with van der Waals surface area (Å²) in [5.41, 5.74) is 3.06. The average Bonchev–Trinajstić information content (AvgIpc) is 3.07. The smallest absolute Gasteiger partial charge is 0.0505 e. The van der Waals surface area contributed by atoms with Gasteiger partial charge in [0, 0.05) is 23.4 Å². The van der Waals surface area contributed by atoms with Gasteiger partial charge in [-0.2, -0.15) is 0 Å². The number of rotatable bonds is 4. The SMILES string of the molecule is CC(C)=NC(C)[C@H]1CC[C@H]2[C@@H]3CCC4C[C@@H](N=C(C)C)CC[C@]4(C)[C@H]3CC[C@]12CO. The van der Waals surface area contributed by atoms with Gasteiger partial charge in [0.15, 0.2) is 0 Å². The van der Waals surface area contributed by atoms with Gasteiger partial charge in [-0.3, -0.25) is 9.98 Å². The van der Waals surface area contributed by atoms with Crippen molar-refractivity contribution in [1.29, 1.82) is 0 Å². The second kappa shape index (κ2) is 8.34. The number of aliphatic imine (C=N–C) groups is 2. The molecule has 9 atom stereocenters. The summed E-state index contributed by atoms with van der Waals surface area (Å²) in [5, 5.41) is 10.7. The maximum Gasteiger partial charge on any atom is 0.0505 e. The summed E-state index contributed by atoms with van der Waals surface area (Å²) in [6, 6.07) is 0.915. The predicted octanol–water partition coefficient (Wildman–Crippen LogP) is 6.34. The van der Waals surface area contributed by atoms with Crippen LogP contribution < -0.4 is 0 Å². The van der Waals surface area contributed by atoms with Crippen molar-refractivity contribution >= 4 is 11.4 Å². The Hall–Kier alpha value is -0.700. The van der Waals surface area contributed by atoms with Crippen LogP contribution in [0.4, 0.5) is 0 Å². The third-order valence-corrected chi connectivity index (χ3v) is 10.2. The first-order valence-corrected chi connectivity index (χ1v) is 12.8. The minimum atomic E-state index is 0.129. The first-order valence-electron chi connectivity index (χ1n) is 12.8. The van der Waals surface area contributed by atoms with Crippen molar-refractivity contribution in [3.8, 4) is 0 Å². The summed E-state index contributed by atoms with van der Waals surface area (Å²) < 4.78 is 0. The summed E-state index contributed by atoms with van der Waals surface area (Å²) in [7, 11) is 0. The van der Waals surface area contributed by atoms with Crippen LogP contribution in [0.3, 0.4) is 0 Å². The molecule has 1 N–H and O–H groups in total. The quantitative estimate of drug-likeness (QED) is 0.536. The topological polar surface area (TPSA) is 45.0 Å². The molecule has 0 spiro atoms. The van der Waals surface area contributed by atoms with E-state index in [9.17, 15) is 5.11 Å². The van der Waals surface area contributed by atoms with Crippen molar-refractivity contribution in [2.75, 3.05) is 6.61 Å². The fourth-order valence-electron chi connectivity index (χ4n) is 9.10. The van der Waals surface area contributed by atoms with Crippen LogP contribution in [-0.2, 0) is 0 Å². The Labute approximate surface area is 185 Å². The molecular formula is C27H46N2O. The summed E-state index contributed by atoms with van der Waals surface area (Å²) in [6.07, 6.45) is 11.8. The largest absolute Gasteiger partial charge is 0.396 e. The highest BCUT2D eigenvalue weighted by atomic mass is 16.3. The van der Waals surface area contributed by atoms with Gasteiger partial charge in [0.1, 0.15) is 0 Å². The van der Waals surface area contributed by atoms with E-state index in [1.807, 2.05) is 0 Å². The lowest BCUT2D eigenvalue weighted by Gasteiger charge is -2.61. The number of fused-ring (bicyclic) bond motifs is 5. The number of aliphatic hydroxyl groups is 1. The lowest BCUT2D eigenvalue weighted by molar-refractivity contribution is -0.130. The summed E-state index contributed by atoms with van der Waals surface area (Å²) in [4.78, 5) is 9.92. The molecule has 2 unspecified atom stereocenters. The van der Waals surface area contributed by atoms with Gasteiger partial charge in [-0.25, -0.2) is 0 Å². The van der Waals surface area contributed by atoms with Crippen molar-refractivity contribution < 1.29 is 5.11 Å². The molecule has 0 aromatic carbocycles. The van der Waals surface area contributed by atoms with E-state index in [2.05, 4.69) is 41.5 Å². The van der Waals surface area contributed by atoms with Crippen molar-refractivity contribution in [2.24, 2.45) is 50.4 Å². The highest BCUT2D eigenvalue weighted by molar-refractivity contribution is 5.79. The van der Waals surface area contributed by atoms with E-state index in [0.717, 1.165) is 17.8 Å². The van der Waals surface area contributed by atoms with Crippen LogP contribution in [0.15, 0.2) is 9.98 Å². The van der Waals surface area contributed by atoms with Crippen LogP contribution in [0.5, 0.6) is 0 Å². The fraction of sp³-hybridized carbons (Fsp3) is 0.926. The maximum atomic E-state index is 10.7. The minimum absolute atomic E-state index is 0.129. The van der Waals surface area contributed by atoms with Gasteiger partial charge in [-0.05, 0) is 127 Å². The van der Waals surface area contributed by atoms with Crippen LogP contribution in [0, 0.1) is 40.4 Å². The molecule has 30 heavy (non-hydrogen) atoms. The maximum absolute atomic E-state index is 10.7. The van der Waals surface area contributed by atoms with Crippen LogP contribution in [0.2, 0.25) is 0 Å². The molecule has 4 saturated carbocycles. The number of nitrogens with zero attached hydrogens (tertiary/aromatic N) is 2. The highest BCUT2D eigenvalue weighted by Gasteiger charge is 2.62. The zero-order chi connectivity index (χ0) is 21.7. The fourth-order valence-corrected chi connectivity index (χ4v) is 9.10. The van der Waals surface area contributed by atoms with E-state index >= 15 is 0 Å². The summed E-state index contributed by atoms with van der Waals surface area (Å²) in [5.74, 6) is 3.81. The first kappa shape index (κ1) is 22.5. The lowest BCUT2D eigenvalue weighted by atomic mass is 9.44.